The van der Waals surface area contributed by atoms with Crippen molar-refractivity contribution in [2.75, 3.05) is 0 Å². The molecule has 2 rings (SSSR count). The Hall–Kier alpha value is -0.690. The Balaban J connectivity index is 2.70. The molecule has 0 aliphatic heterocycles. The van der Waals surface area contributed by atoms with E-state index in [0.29, 0.717) is 15.1 Å². The monoisotopic (exact) mass is 270 g/mol. The molecule has 0 radical (unpaired) electrons. The summed E-state index contributed by atoms with van der Waals surface area (Å²) in [5.74, 6) is 0. The van der Waals surface area contributed by atoms with Gasteiger partial charge in [-0.05, 0) is 30.2 Å². The second-order valence-electron chi connectivity index (χ2n) is 3.56. The molecular weight excluding hydrogens is 263 g/mol. The minimum atomic E-state index is 0.548. The number of aryl methyl sites for hydroxylation is 1. The molecule has 0 heterocycles. The van der Waals surface area contributed by atoms with Crippen molar-refractivity contribution in [1.82, 2.24) is 0 Å². The SMILES string of the molecule is Cc1ccccc1-c1c(Cl)cc(Cl)cc1Cl. The van der Waals surface area contributed by atoms with Crippen LogP contribution in [-0.4, -0.2) is 0 Å². The molecule has 0 unspecified atom stereocenters. The summed E-state index contributed by atoms with van der Waals surface area (Å²) in [6.07, 6.45) is 0. The van der Waals surface area contributed by atoms with Crippen LogP contribution in [0.15, 0.2) is 36.4 Å². The van der Waals surface area contributed by atoms with Gasteiger partial charge in [-0.3, -0.25) is 0 Å². The summed E-state index contributed by atoms with van der Waals surface area (Å²) in [5, 5.41) is 1.70. The molecule has 0 spiro atoms. The molecular formula is C13H9Cl3. The highest BCUT2D eigenvalue weighted by Crippen LogP contribution is 2.38. The maximum atomic E-state index is 6.17. The highest BCUT2D eigenvalue weighted by atomic mass is 35.5. The van der Waals surface area contributed by atoms with Gasteiger partial charge in [0, 0.05) is 10.6 Å². The third-order valence-electron chi connectivity index (χ3n) is 2.42. The molecule has 3 heteroatoms. The molecule has 2 aromatic rings. The number of benzene rings is 2. The maximum absolute atomic E-state index is 6.17. The van der Waals surface area contributed by atoms with Crippen LogP contribution in [0.1, 0.15) is 5.56 Å². The van der Waals surface area contributed by atoms with Gasteiger partial charge in [0.15, 0.2) is 0 Å². The van der Waals surface area contributed by atoms with Gasteiger partial charge in [0.25, 0.3) is 0 Å². The van der Waals surface area contributed by atoms with E-state index in [2.05, 4.69) is 0 Å². The third kappa shape index (κ3) is 2.20. The van der Waals surface area contributed by atoms with Gasteiger partial charge in [-0.25, -0.2) is 0 Å². The largest absolute Gasteiger partial charge is 0.0842 e. The van der Waals surface area contributed by atoms with Crippen LogP contribution in [0.25, 0.3) is 11.1 Å². The molecule has 0 saturated heterocycles. The number of hydrogen-bond donors (Lipinski definition) is 0. The first-order chi connectivity index (χ1) is 7.59. The van der Waals surface area contributed by atoms with Crippen molar-refractivity contribution in [3.05, 3.63) is 57.0 Å². The summed E-state index contributed by atoms with van der Waals surface area (Å²) in [4.78, 5) is 0. The first-order valence-corrected chi connectivity index (χ1v) is 5.93. The van der Waals surface area contributed by atoms with Crippen LogP contribution in [0.2, 0.25) is 15.1 Å². The van der Waals surface area contributed by atoms with E-state index < -0.39 is 0 Å². The summed E-state index contributed by atoms with van der Waals surface area (Å²) in [6, 6.07) is 11.4. The fraction of sp³-hybridized carbons (Fsp3) is 0.0769. The lowest BCUT2D eigenvalue weighted by atomic mass is 10.0. The zero-order valence-corrected chi connectivity index (χ0v) is 10.9. The minimum absolute atomic E-state index is 0.548. The highest BCUT2D eigenvalue weighted by Gasteiger charge is 2.11. The smallest absolute Gasteiger partial charge is 0.0514 e. The molecule has 0 aromatic heterocycles. The summed E-state index contributed by atoms with van der Waals surface area (Å²) in [6.45, 7) is 2.02. The zero-order valence-electron chi connectivity index (χ0n) is 8.60. The van der Waals surface area contributed by atoms with Gasteiger partial charge in [0.05, 0.1) is 10.0 Å². The molecule has 0 saturated carbocycles. The van der Waals surface area contributed by atoms with Gasteiger partial charge < -0.3 is 0 Å². The first-order valence-electron chi connectivity index (χ1n) is 4.80. The average Bonchev–Trinajstić information content (AvgIpc) is 2.19. The van der Waals surface area contributed by atoms with Crippen molar-refractivity contribution in [3.63, 3.8) is 0 Å². The summed E-state index contributed by atoms with van der Waals surface area (Å²) < 4.78 is 0. The van der Waals surface area contributed by atoms with E-state index in [4.69, 9.17) is 34.8 Å². The van der Waals surface area contributed by atoms with Gasteiger partial charge in [-0.2, -0.15) is 0 Å². The van der Waals surface area contributed by atoms with E-state index in [1.807, 2.05) is 31.2 Å². The van der Waals surface area contributed by atoms with E-state index in [1.165, 1.54) is 0 Å². The van der Waals surface area contributed by atoms with Crippen molar-refractivity contribution in [2.45, 2.75) is 6.92 Å². The second-order valence-corrected chi connectivity index (χ2v) is 4.81. The Morgan fingerprint density at radius 2 is 1.44 bits per heavy atom. The lowest BCUT2D eigenvalue weighted by Gasteiger charge is -2.10. The highest BCUT2D eigenvalue weighted by molar-refractivity contribution is 6.41. The molecule has 0 amide bonds. The predicted octanol–water partition coefficient (Wildman–Crippen LogP) is 5.62. The van der Waals surface area contributed by atoms with Crippen LogP contribution >= 0.6 is 34.8 Å². The van der Waals surface area contributed by atoms with Crippen LogP contribution in [0.3, 0.4) is 0 Å². The summed E-state index contributed by atoms with van der Waals surface area (Å²) in [5.41, 5.74) is 3.01. The minimum Gasteiger partial charge on any atom is -0.0842 e. The molecule has 0 atom stereocenters. The third-order valence-corrected chi connectivity index (χ3v) is 3.24. The van der Waals surface area contributed by atoms with Gasteiger partial charge in [-0.1, -0.05) is 59.1 Å². The summed E-state index contributed by atoms with van der Waals surface area (Å²) in [7, 11) is 0. The Kier molecular flexibility index (Phi) is 3.44. The number of hydrogen-bond acceptors (Lipinski definition) is 0. The van der Waals surface area contributed by atoms with Crippen LogP contribution in [-0.2, 0) is 0 Å². The predicted molar refractivity (Wildman–Crippen MR) is 71.6 cm³/mol. The molecule has 0 N–H and O–H groups in total. The van der Waals surface area contributed by atoms with Crippen molar-refractivity contribution >= 4 is 34.8 Å². The van der Waals surface area contributed by atoms with Gasteiger partial charge in [0.2, 0.25) is 0 Å². The van der Waals surface area contributed by atoms with E-state index in [1.54, 1.807) is 12.1 Å². The Labute approximate surface area is 110 Å². The summed E-state index contributed by atoms with van der Waals surface area (Å²) >= 11 is 18.2. The maximum Gasteiger partial charge on any atom is 0.0514 e. The lowest BCUT2D eigenvalue weighted by Crippen LogP contribution is -1.85. The molecule has 82 valence electrons. The molecule has 0 aliphatic rings. The molecule has 0 nitrogen and oxygen atoms in total. The van der Waals surface area contributed by atoms with Crippen LogP contribution in [0.5, 0.6) is 0 Å². The number of rotatable bonds is 1. The quantitative estimate of drug-likeness (QED) is 0.631. The van der Waals surface area contributed by atoms with E-state index in [0.717, 1.165) is 16.7 Å². The molecule has 0 bridgehead atoms. The Bertz CT molecular complexity index is 509. The van der Waals surface area contributed by atoms with Crippen LogP contribution in [0, 0.1) is 6.92 Å². The van der Waals surface area contributed by atoms with Crippen molar-refractivity contribution in [2.24, 2.45) is 0 Å². The van der Waals surface area contributed by atoms with E-state index in [-0.39, 0.29) is 0 Å². The van der Waals surface area contributed by atoms with Gasteiger partial charge >= 0.3 is 0 Å². The Morgan fingerprint density at radius 3 is 2.00 bits per heavy atom. The zero-order chi connectivity index (χ0) is 11.7. The average molecular weight is 272 g/mol. The van der Waals surface area contributed by atoms with Crippen LogP contribution < -0.4 is 0 Å². The molecule has 16 heavy (non-hydrogen) atoms. The van der Waals surface area contributed by atoms with E-state index >= 15 is 0 Å². The topological polar surface area (TPSA) is 0 Å². The fourth-order valence-corrected chi connectivity index (χ4v) is 2.67. The van der Waals surface area contributed by atoms with Gasteiger partial charge in [0.1, 0.15) is 0 Å². The fourth-order valence-electron chi connectivity index (χ4n) is 1.65. The van der Waals surface area contributed by atoms with Crippen molar-refractivity contribution in [1.29, 1.82) is 0 Å². The number of halogens is 3. The Morgan fingerprint density at radius 1 is 0.875 bits per heavy atom. The first kappa shape index (κ1) is 11.8. The van der Waals surface area contributed by atoms with Crippen molar-refractivity contribution < 1.29 is 0 Å². The van der Waals surface area contributed by atoms with Crippen molar-refractivity contribution in [3.8, 4) is 11.1 Å². The normalized spacial score (nSPS) is 10.5. The van der Waals surface area contributed by atoms with E-state index in [9.17, 15) is 0 Å². The molecule has 0 aliphatic carbocycles. The van der Waals surface area contributed by atoms with Gasteiger partial charge in [-0.15, -0.1) is 0 Å². The standard InChI is InChI=1S/C13H9Cl3/c1-8-4-2-3-5-10(8)13-11(15)6-9(14)7-12(13)16/h2-7H,1H3. The molecule has 0 fully saturated rings. The molecule has 2 aromatic carbocycles. The second kappa shape index (κ2) is 4.67. The lowest BCUT2D eigenvalue weighted by molar-refractivity contribution is 1.46. The van der Waals surface area contributed by atoms with Crippen LogP contribution in [0.4, 0.5) is 0 Å².